The highest BCUT2D eigenvalue weighted by atomic mass is 32.2. The topological polar surface area (TPSA) is 97.4 Å². The van der Waals surface area contributed by atoms with Gasteiger partial charge in [-0.1, -0.05) is 5.16 Å². The molecule has 2 aromatic rings. The molecule has 0 bridgehead atoms. The van der Waals surface area contributed by atoms with E-state index >= 15 is 0 Å². The van der Waals surface area contributed by atoms with Gasteiger partial charge < -0.3 is 4.52 Å². The first-order valence-corrected chi connectivity index (χ1v) is 10.4. The summed E-state index contributed by atoms with van der Waals surface area (Å²) in [5.74, 6) is 1.39. The van der Waals surface area contributed by atoms with Crippen LogP contribution in [0.1, 0.15) is 24.2 Å². The molecule has 0 unspecified atom stereocenters. The Kier molecular flexibility index (Phi) is 4.16. The van der Waals surface area contributed by atoms with E-state index in [4.69, 9.17) is 4.52 Å². The molecule has 2 fully saturated rings. The van der Waals surface area contributed by atoms with Gasteiger partial charge in [-0.25, -0.2) is 12.7 Å². The Balaban J connectivity index is 1.62. The fourth-order valence-corrected chi connectivity index (χ4v) is 5.45. The normalized spacial score (nSPS) is 27.3. The van der Waals surface area contributed by atoms with Gasteiger partial charge in [0.15, 0.2) is 5.82 Å². The van der Waals surface area contributed by atoms with Gasteiger partial charge in [0.2, 0.25) is 15.9 Å². The predicted molar refractivity (Wildman–Crippen MR) is 93.7 cm³/mol. The molecular weight excluding hydrogens is 356 g/mol. The molecule has 142 valence electrons. The van der Waals surface area contributed by atoms with Gasteiger partial charge in [0.25, 0.3) is 0 Å². The Bertz CT molecular complexity index is 907. The van der Waals surface area contributed by atoms with Gasteiger partial charge in [-0.15, -0.1) is 0 Å². The lowest BCUT2D eigenvalue weighted by molar-refractivity contribution is 0.244. The summed E-state index contributed by atoms with van der Waals surface area (Å²) in [5, 5.41) is 8.18. The first-order valence-electron chi connectivity index (χ1n) is 8.81. The molecule has 0 aliphatic carbocycles. The van der Waals surface area contributed by atoms with Crippen molar-refractivity contribution in [1.29, 1.82) is 0 Å². The summed E-state index contributed by atoms with van der Waals surface area (Å²) in [6, 6.07) is 0. The van der Waals surface area contributed by atoms with Crippen molar-refractivity contribution in [3.05, 3.63) is 29.7 Å². The van der Waals surface area contributed by atoms with Gasteiger partial charge in [-0.05, 0) is 13.8 Å². The smallest absolute Gasteiger partial charge is 0.235 e. The second-order valence-corrected chi connectivity index (χ2v) is 9.64. The van der Waals surface area contributed by atoms with E-state index in [1.807, 2.05) is 19.4 Å². The van der Waals surface area contributed by atoms with E-state index in [1.165, 1.54) is 0 Å². The monoisotopic (exact) mass is 380 g/mol. The van der Waals surface area contributed by atoms with Crippen molar-refractivity contribution in [1.82, 2.24) is 29.1 Å². The van der Waals surface area contributed by atoms with Crippen LogP contribution in [-0.4, -0.2) is 69.5 Å². The van der Waals surface area contributed by atoms with Crippen LogP contribution < -0.4 is 0 Å². The molecule has 2 aliphatic rings. The van der Waals surface area contributed by atoms with Crippen LogP contribution in [0.3, 0.4) is 0 Å². The molecule has 0 radical (unpaired) electrons. The van der Waals surface area contributed by atoms with E-state index in [0.717, 1.165) is 18.7 Å². The summed E-state index contributed by atoms with van der Waals surface area (Å²) >= 11 is 0. The highest BCUT2D eigenvalue weighted by molar-refractivity contribution is 7.89. The molecule has 0 aromatic carbocycles. The molecule has 2 aromatic heterocycles. The van der Waals surface area contributed by atoms with Gasteiger partial charge in [0, 0.05) is 57.4 Å². The van der Waals surface area contributed by atoms with Crippen LogP contribution in [-0.2, 0) is 29.0 Å². The van der Waals surface area contributed by atoms with Crippen molar-refractivity contribution in [3.8, 4) is 0 Å². The molecule has 26 heavy (non-hydrogen) atoms. The summed E-state index contributed by atoms with van der Waals surface area (Å²) in [6.45, 7) is 6.65. The van der Waals surface area contributed by atoms with Gasteiger partial charge >= 0.3 is 0 Å². The minimum atomic E-state index is -3.24. The zero-order valence-electron chi connectivity index (χ0n) is 15.3. The number of nitrogens with zero attached hydrogens (tertiary/aromatic N) is 6. The molecule has 10 heteroatoms. The quantitative estimate of drug-likeness (QED) is 0.728. The van der Waals surface area contributed by atoms with Gasteiger partial charge in [-0.2, -0.15) is 10.1 Å². The first kappa shape index (κ1) is 17.6. The third-order valence-corrected chi connectivity index (χ3v) is 7.32. The molecule has 2 aliphatic heterocycles. The zero-order chi connectivity index (χ0) is 18.5. The first-order chi connectivity index (χ1) is 12.3. The van der Waals surface area contributed by atoms with Gasteiger partial charge in [0.05, 0.1) is 17.4 Å². The minimum Gasteiger partial charge on any atom is -0.339 e. The zero-order valence-corrected chi connectivity index (χ0v) is 16.1. The van der Waals surface area contributed by atoms with Crippen LogP contribution >= 0.6 is 0 Å². The second-order valence-electron chi connectivity index (χ2n) is 7.38. The summed E-state index contributed by atoms with van der Waals surface area (Å²) < 4.78 is 33.8. The van der Waals surface area contributed by atoms with Gasteiger partial charge in [-0.3, -0.25) is 9.58 Å². The lowest BCUT2D eigenvalue weighted by Crippen LogP contribution is -2.40. The third kappa shape index (κ3) is 2.85. The van der Waals surface area contributed by atoms with Crippen LogP contribution in [0.4, 0.5) is 0 Å². The highest BCUT2D eigenvalue weighted by Crippen LogP contribution is 2.45. The summed E-state index contributed by atoms with van der Waals surface area (Å²) in [4.78, 5) is 6.80. The van der Waals surface area contributed by atoms with Gasteiger partial charge in [0.1, 0.15) is 0 Å². The standard InChI is InChI=1S/C16H24N6O3S/c1-4-26(23,24)22-9-14-8-21(7-13-5-17-20(3)6-13)10-16(14,11-22)15-18-12(2)19-25-15/h5-6,14H,4,7-11H2,1-3H3/t14-,16-/m0/s1. The van der Waals surface area contributed by atoms with Crippen molar-refractivity contribution in [2.45, 2.75) is 25.8 Å². The number of likely N-dealkylation sites (tertiary alicyclic amines) is 1. The molecular formula is C16H24N6O3S. The lowest BCUT2D eigenvalue weighted by atomic mass is 9.81. The molecule has 2 saturated heterocycles. The average molecular weight is 380 g/mol. The van der Waals surface area contributed by atoms with Crippen molar-refractivity contribution in [2.75, 3.05) is 31.9 Å². The fourth-order valence-electron chi connectivity index (χ4n) is 4.25. The number of rotatable bonds is 5. The summed E-state index contributed by atoms with van der Waals surface area (Å²) in [7, 11) is -1.34. The Labute approximate surface area is 153 Å². The number of aryl methyl sites for hydroxylation is 2. The number of hydrogen-bond acceptors (Lipinski definition) is 7. The van der Waals surface area contributed by atoms with E-state index in [0.29, 0.717) is 31.3 Å². The van der Waals surface area contributed by atoms with Crippen LogP contribution in [0.25, 0.3) is 0 Å². The Morgan fingerprint density at radius 3 is 2.77 bits per heavy atom. The molecule has 0 N–H and O–H groups in total. The molecule has 4 rings (SSSR count). The maximum absolute atomic E-state index is 12.4. The molecule has 0 spiro atoms. The Morgan fingerprint density at radius 2 is 2.15 bits per heavy atom. The SMILES string of the molecule is CCS(=O)(=O)N1C[C@@H]2CN(Cc3cnn(C)c3)C[C@]2(c2nc(C)no2)C1. The van der Waals surface area contributed by atoms with Crippen LogP contribution in [0.5, 0.6) is 0 Å². The fraction of sp³-hybridized carbons (Fsp3) is 0.688. The third-order valence-electron chi connectivity index (χ3n) is 5.52. The molecule has 9 nitrogen and oxygen atoms in total. The summed E-state index contributed by atoms with van der Waals surface area (Å²) in [5.41, 5.74) is 0.702. The minimum absolute atomic E-state index is 0.109. The largest absolute Gasteiger partial charge is 0.339 e. The number of sulfonamides is 1. The van der Waals surface area contributed by atoms with Crippen molar-refractivity contribution in [2.24, 2.45) is 13.0 Å². The Morgan fingerprint density at radius 1 is 1.35 bits per heavy atom. The van der Waals surface area contributed by atoms with Crippen LogP contribution in [0, 0.1) is 12.8 Å². The maximum atomic E-state index is 12.4. The lowest BCUT2D eigenvalue weighted by Gasteiger charge is -2.25. The molecule has 0 amide bonds. The van der Waals surface area contributed by atoms with E-state index in [2.05, 4.69) is 20.1 Å². The van der Waals surface area contributed by atoms with Crippen LogP contribution in [0.15, 0.2) is 16.9 Å². The van der Waals surface area contributed by atoms with E-state index in [-0.39, 0.29) is 11.7 Å². The van der Waals surface area contributed by atoms with Crippen LogP contribution in [0.2, 0.25) is 0 Å². The van der Waals surface area contributed by atoms with Crippen molar-refractivity contribution in [3.63, 3.8) is 0 Å². The second kappa shape index (κ2) is 6.14. The van der Waals surface area contributed by atoms with E-state index in [1.54, 1.807) is 22.8 Å². The Hall–Kier alpha value is -1.78. The number of hydrogen-bond donors (Lipinski definition) is 0. The summed E-state index contributed by atoms with van der Waals surface area (Å²) in [6.07, 6.45) is 3.87. The predicted octanol–water partition coefficient (Wildman–Crippen LogP) is 0.147. The van der Waals surface area contributed by atoms with E-state index < -0.39 is 15.4 Å². The maximum Gasteiger partial charge on any atom is 0.235 e. The number of fused-ring (bicyclic) bond motifs is 1. The molecule has 2 atom stereocenters. The molecule has 4 heterocycles. The van der Waals surface area contributed by atoms with Crippen molar-refractivity contribution >= 4 is 10.0 Å². The van der Waals surface area contributed by atoms with Crippen molar-refractivity contribution < 1.29 is 12.9 Å². The highest BCUT2D eigenvalue weighted by Gasteiger charge is 2.58. The average Bonchev–Trinajstić information content (AvgIpc) is 3.31. The number of aromatic nitrogens is 4. The van der Waals surface area contributed by atoms with E-state index in [9.17, 15) is 8.42 Å². The molecule has 0 saturated carbocycles.